The number of aryl methyl sites for hydroxylation is 1. The maximum atomic E-state index is 13.9. The Morgan fingerprint density at radius 1 is 0.976 bits per heavy atom. The first-order chi connectivity index (χ1) is 19.9. The number of carbonyl (C=O) groups is 2. The normalized spacial score (nSPS) is 14.3. The van der Waals surface area contributed by atoms with Crippen LogP contribution in [0.2, 0.25) is 0 Å². The predicted molar refractivity (Wildman–Crippen MR) is 172 cm³/mol. The molecule has 2 amide bonds. The van der Waals surface area contributed by atoms with E-state index in [-0.39, 0.29) is 17.9 Å². The Kier molecular flexibility index (Phi) is 12.0. The standard InChI is InChI=1S/C35H47N3O2S/c1-4-5-6-8-28-10-14-30(15-11-28)35(40)38(32-19-22-37(23-20-32)21-18-27(2)3)26-29-12-16-31(17-13-29)36-34(39)25-33-9-7-24-41-33/h7,9-17,24,27,32H,4-6,8,18-23,25-26H2,1-3H3,(H,36,39). The summed E-state index contributed by atoms with van der Waals surface area (Å²) in [7, 11) is 0. The van der Waals surface area contributed by atoms with Crippen molar-refractivity contribution in [2.45, 2.75) is 84.7 Å². The number of nitrogens with one attached hydrogen (secondary N) is 1. The lowest BCUT2D eigenvalue weighted by atomic mass is 9.99. The van der Waals surface area contributed by atoms with Crippen molar-refractivity contribution in [3.8, 4) is 0 Å². The van der Waals surface area contributed by atoms with Gasteiger partial charge in [-0.1, -0.05) is 63.9 Å². The van der Waals surface area contributed by atoms with Crippen LogP contribution in [-0.4, -0.2) is 47.3 Å². The third-order valence-corrected chi connectivity index (χ3v) is 8.93. The first-order valence-corrected chi connectivity index (χ1v) is 16.3. The van der Waals surface area contributed by atoms with Crippen molar-refractivity contribution >= 4 is 28.8 Å². The van der Waals surface area contributed by atoms with E-state index in [1.165, 1.54) is 31.2 Å². The molecule has 41 heavy (non-hydrogen) atoms. The van der Waals surface area contributed by atoms with Crippen LogP contribution in [0.25, 0.3) is 0 Å². The van der Waals surface area contributed by atoms with Crippen molar-refractivity contribution < 1.29 is 9.59 Å². The number of hydrogen-bond donors (Lipinski definition) is 1. The van der Waals surface area contributed by atoms with Crippen molar-refractivity contribution in [1.29, 1.82) is 0 Å². The van der Waals surface area contributed by atoms with Crippen molar-refractivity contribution in [1.82, 2.24) is 9.80 Å². The van der Waals surface area contributed by atoms with Gasteiger partial charge in [0.15, 0.2) is 0 Å². The molecule has 2 heterocycles. The molecule has 1 fully saturated rings. The molecule has 4 rings (SSSR count). The Balaban J connectivity index is 1.43. The number of anilines is 1. The molecular weight excluding hydrogens is 526 g/mol. The Bertz CT molecular complexity index is 1200. The van der Waals surface area contributed by atoms with Crippen LogP contribution >= 0.6 is 11.3 Å². The van der Waals surface area contributed by atoms with Crippen LogP contribution in [0.5, 0.6) is 0 Å². The molecule has 3 aromatic rings. The summed E-state index contributed by atoms with van der Waals surface area (Å²) in [6, 6.07) is 20.4. The van der Waals surface area contributed by atoms with E-state index in [2.05, 4.69) is 48.0 Å². The quantitative estimate of drug-likeness (QED) is 0.200. The molecule has 0 atom stereocenters. The molecule has 0 aliphatic carbocycles. The lowest BCUT2D eigenvalue weighted by Gasteiger charge is -2.39. The van der Waals surface area contributed by atoms with Gasteiger partial charge in [0.05, 0.1) is 6.42 Å². The van der Waals surface area contributed by atoms with Crippen LogP contribution in [0.15, 0.2) is 66.0 Å². The number of nitrogens with zero attached hydrogens (tertiary/aromatic N) is 2. The summed E-state index contributed by atoms with van der Waals surface area (Å²) in [5, 5.41) is 4.99. The number of benzene rings is 2. The van der Waals surface area contributed by atoms with Crippen molar-refractivity contribution in [2.75, 3.05) is 25.0 Å². The Hall–Kier alpha value is -2.96. The summed E-state index contributed by atoms with van der Waals surface area (Å²) in [5.74, 6) is 0.803. The second-order valence-electron chi connectivity index (χ2n) is 11.8. The van der Waals surface area contributed by atoms with Gasteiger partial charge in [-0.2, -0.15) is 0 Å². The first-order valence-electron chi connectivity index (χ1n) is 15.4. The fourth-order valence-corrected chi connectivity index (χ4v) is 6.19. The average Bonchev–Trinajstić information content (AvgIpc) is 3.49. The molecular formula is C35H47N3O2S. The van der Waals surface area contributed by atoms with Crippen molar-refractivity contribution in [3.63, 3.8) is 0 Å². The molecule has 220 valence electrons. The van der Waals surface area contributed by atoms with Gasteiger partial charge in [-0.05, 0) is 91.4 Å². The summed E-state index contributed by atoms with van der Waals surface area (Å²) in [5.41, 5.74) is 3.93. The smallest absolute Gasteiger partial charge is 0.254 e. The molecule has 0 spiro atoms. The van der Waals surface area contributed by atoms with Gasteiger partial charge in [-0.25, -0.2) is 0 Å². The predicted octanol–water partition coefficient (Wildman–Crippen LogP) is 7.81. The van der Waals surface area contributed by atoms with E-state index in [0.717, 1.165) is 60.6 Å². The number of rotatable bonds is 14. The first kappa shape index (κ1) is 31.0. The molecule has 0 saturated carbocycles. The maximum absolute atomic E-state index is 13.9. The minimum atomic E-state index is -0.0145. The van der Waals surface area contributed by atoms with Crippen molar-refractivity contribution in [3.05, 3.63) is 87.6 Å². The number of likely N-dealkylation sites (tertiary alicyclic amines) is 1. The molecule has 1 aliphatic rings. The topological polar surface area (TPSA) is 52.7 Å². The van der Waals surface area contributed by atoms with Crippen LogP contribution < -0.4 is 5.32 Å². The highest BCUT2D eigenvalue weighted by Gasteiger charge is 2.29. The second kappa shape index (κ2) is 15.9. The van der Waals surface area contributed by atoms with E-state index < -0.39 is 0 Å². The van der Waals surface area contributed by atoms with Gasteiger partial charge in [0, 0.05) is 41.8 Å². The van der Waals surface area contributed by atoms with Gasteiger partial charge < -0.3 is 15.1 Å². The second-order valence-corrected chi connectivity index (χ2v) is 12.9. The van der Waals surface area contributed by atoms with E-state index in [9.17, 15) is 9.59 Å². The summed E-state index contributed by atoms with van der Waals surface area (Å²) >= 11 is 1.59. The zero-order valence-electron chi connectivity index (χ0n) is 25.1. The summed E-state index contributed by atoms with van der Waals surface area (Å²) in [6.07, 6.45) is 8.30. The monoisotopic (exact) mass is 573 g/mol. The largest absolute Gasteiger partial charge is 0.331 e. The zero-order chi connectivity index (χ0) is 29.0. The summed E-state index contributed by atoms with van der Waals surface area (Å²) in [4.78, 5) is 32.1. The van der Waals surface area contributed by atoms with Crippen LogP contribution in [0.1, 0.15) is 85.7 Å². The minimum absolute atomic E-state index is 0.0145. The minimum Gasteiger partial charge on any atom is -0.331 e. The third kappa shape index (κ3) is 9.82. The van der Waals surface area contributed by atoms with Gasteiger partial charge in [0.2, 0.25) is 5.91 Å². The lowest BCUT2D eigenvalue weighted by Crippen LogP contribution is -2.47. The molecule has 0 unspecified atom stereocenters. The summed E-state index contributed by atoms with van der Waals surface area (Å²) in [6.45, 7) is 10.6. The van der Waals surface area contributed by atoms with E-state index in [0.29, 0.717) is 18.9 Å². The van der Waals surface area contributed by atoms with Crippen LogP contribution in [0, 0.1) is 5.92 Å². The van der Waals surface area contributed by atoms with Crippen LogP contribution in [0.3, 0.4) is 0 Å². The Morgan fingerprint density at radius 2 is 1.68 bits per heavy atom. The van der Waals surface area contributed by atoms with Crippen LogP contribution in [0.4, 0.5) is 5.69 Å². The van der Waals surface area contributed by atoms with E-state index >= 15 is 0 Å². The molecule has 2 aromatic carbocycles. The van der Waals surface area contributed by atoms with Crippen LogP contribution in [-0.2, 0) is 24.2 Å². The lowest BCUT2D eigenvalue weighted by molar-refractivity contribution is -0.115. The highest BCUT2D eigenvalue weighted by atomic mass is 32.1. The molecule has 0 bridgehead atoms. The molecule has 1 aromatic heterocycles. The van der Waals surface area contributed by atoms with Gasteiger partial charge in [-0.15, -0.1) is 11.3 Å². The molecule has 5 nitrogen and oxygen atoms in total. The number of unbranched alkanes of at least 4 members (excludes halogenated alkanes) is 2. The molecule has 0 radical (unpaired) electrons. The zero-order valence-corrected chi connectivity index (χ0v) is 25.9. The maximum Gasteiger partial charge on any atom is 0.254 e. The Morgan fingerprint density at radius 3 is 2.32 bits per heavy atom. The highest BCUT2D eigenvalue weighted by molar-refractivity contribution is 7.10. The number of amides is 2. The fourth-order valence-electron chi connectivity index (χ4n) is 5.49. The number of hydrogen-bond acceptors (Lipinski definition) is 4. The van der Waals surface area contributed by atoms with Gasteiger partial charge in [-0.3, -0.25) is 9.59 Å². The third-order valence-electron chi connectivity index (χ3n) is 8.06. The highest BCUT2D eigenvalue weighted by Crippen LogP contribution is 2.24. The van der Waals surface area contributed by atoms with Gasteiger partial charge in [0.25, 0.3) is 5.91 Å². The molecule has 1 aliphatic heterocycles. The van der Waals surface area contributed by atoms with Crippen molar-refractivity contribution in [2.24, 2.45) is 5.92 Å². The number of thiophene rings is 1. The molecule has 6 heteroatoms. The molecule has 1 saturated heterocycles. The SMILES string of the molecule is CCCCCc1ccc(C(=O)N(Cc2ccc(NC(=O)Cc3cccs3)cc2)C2CCN(CCC(C)C)CC2)cc1. The Labute approximate surface area is 251 Å². The van der Waals surface area contributed by atoms with E-state index in [1.54, 1.807) is 11.3 Å². The summed E-state index contributed by atoms with van der Waals surface area (Å²) < 4.78 is 0. The van der Waals surface area contributed by atoms with E-state index in [4.69, 9.17) is 0 Å². The van der Waals surface area contributed by atoms with Gasteiger partial charge in [0.1, 0.15) is 0 Å². The number of carbonyl (C=O) groups excluding carboxylic acids is 2. The molecule has 1 N–H and O–H groups in total. The van der Waals surface area contributed by atoms with E-state index in [1.807, 2.05) is 53.9 Å². The average molecular weight is 574 g/mol. The number of piperidine rings is 1. The van der Waals surface area contributed by atoms with Gasteiger partial charge >= 0.3 is 0 Å². The fraction of sp³-hybridized carbons (Fsp3) is 0.486.